The molecule has 3 rings (SSSR count). The van der Waals surface area contributed by atoms with Crippen molar-refractivity contribution in [3.05, 3.63) is 40.7 Å². The van der Waals surface area contributed by atoms with E-state index in [0.29, 0.717) is 22.5 Å². The van der Waals surface area contributed by atoms with E-state index in [-0.39, 0.29) is 5.69 Å². The molecule has 1 fully saturated rings. The fourth-order valence-corrected chi connectivity index (χ4v) is 2.59. The van der Waals surface area contributed by atoms with Crippen LogP contribution in [0.4, 0.5) is 0 Å². The zero-order valence-electron chi connectivity index (χ0n) is 11.1. The Morgan fingerprint density at radius 3 is 2.75 bits per heavy atom. The Balaban J connectivity index is 2.15. The van der Waals surface area contributed by atoms with Gasteiger partial charge in [-0.05, 0) is 37.8 Å². The van der Waals surface area contributed by atoms with Crippen LogP contribution in [0.2, 0.25) is 5.02 Å². The Labute approximate surface area is 122 Å². The topological polar surface area (TPSA) is 55.1 Å². The number of carboxylic acid groups (broad SMARTS) is 1. The monoisotopic (exact) mass is 290 g/mol. The van der Waals surface area contributed by atoms with Crippen LogP contribution in [0.15, 0.2) is 24.3 Å². The maximum Gasteiger partial charge on any atom is 0.356 e. The number of carbonyl (C=O) groups is 1. The molecule has 5 heteroatoms. The van der Waals surface area contributed by atoms with Gasteiger partial charge in [0.05, 0.1) is 5.02 Å². The van der Waals surface area contributed by atoms with Crippen LogP contribution >= 0.6 is 11.6 Å². The first kappa shape index (κ1) is 13.2. The first-order chi connectivity index (χ1) is 9.58. The number of nitrogens with zero attached hydrogens (tertiary/aromatic N) is 2. The molecule has 4 nitrogen and oxygen atoms in total. The number of halogens is 1. The fraction of sp³-hybridized carbons (Fsp3) is 0.333. The van der Waals surface area contributed by atoms with Gasteiger partial charge in [-0.25, -0.2) is 9.78 Å². The van der Waals surface area contributed by atoms with Crippen LogP contribution in [0.5, 0.6) is 0 Å². The van der Waals surface area contributed by atoms with Crippen LogP contribution in [0.3, 0.4) is 0 Å². The van der Waals surface area contributed by atoms with Gasteiger partial charge in [-0.3, -0.25) is 0 Å². The average molecular weight is 291 g/mol. The third-order valence-corrected chi connectivity index (χ3v) is 4.01. The molecule has 0 atom stereocenters. The van der Waals surface area contributed by atoms with Gasteiger partial charge in [0.1, 0.15) is 5.82 Å². The standard InChI is InChI=1S/C15H15ClN2O2/c1-9-13(15(19)20)17-14(18(9)8-10-6-7-10)11-4-2-3-5-12(11)16/h2-5,10H,6-8H2,1H3,(H,19,20). The van der Waals surface area contributed by atoms with E-state index in [9.17, 15) is 9.90 Å². The van der Waals surface area contributed by atoms with Crippen LogP contribution in [-0.2, 0) is 6.54 Å². The second kappa shape index (κ2) is 4.94. The molecule has 0 unspecified atom stereocenters. The molecule has 1 saturated carbocycles. The minimum absolute atomic E-state index is 0.112. The van der Waals surface area contributed by atoms with Gasteiger partial charge in [-0.15, -0.1) is 0 Å². The Bertz CT molecular complexity index is 675. The van der Waals surface area contributed by atoms with E-state index in [2.05, 4.69) is 4.98 Å². The molecule has 0 saturated heterocycles. The van der Waals surface area contributed by atoms with Gasteiger partial charge in [-0.2, -0.15) is 0 Å². The van der Waals surface area contributed by atoms with Crippen molar-refractivity contribution in [2.75, 3.05) is 0 Å². The summed E-state index contributed by atoms with van der Waals surface area (Å²) in [6.07, 6.45) is 2.39. The smallest absolute Gasteiger partial charge is 0.356 e. The first-order valence-electron chi connectivity index (χ1n) is 6.63. The summed E-state index contributed by atoms with van der Waals surface area (Å²) in [7, 11) is 0. The first-order valence-corrected chi connectivity index (χ1v) is 7.01. The van der Waals surface area contributed by atoms with Gasteiger partial charge < -0.3 is 9.67 Å². The summed E-state index contributed by atoms with van der Waals surface area (Å²) in [5, 5.41) is 9.85. The fourth-order valence-electron chi connectivity index (χ4n) is 2.37. The van der Waals surface area contributed by atoms with Crippen LogP contribution in [0.1, 0.15) is 29.0 Å². The minimum Gasteiger partial charge on any atom is -0.476 e. The van der Waals surface area contributed by atoms with Gasteiger partial charge in [0.2, 0.25) is 0 Å². The predicted molar refractivity (Wildman–Crippen MR) is 77.1 cm³/mol. The van der Waals surface area contributed by atoms with E-state index in [0.717, 1.165) is 12.1 Å². The van der Waals surface area contributed by atoms with Crippen LogP contribution in [0, 0.1) is 12.8 Å². The van der Waals surface area contributed by atoms with E-state index in [1.807, 2.05) is 22.8 Å². The summed E-state index contributed by atoms with van der Waals surface area (Å²) in [6.45, 7) is 2.62. The van der Waals surface area contributed by atoms with Crippen molar-refractivity contribution in [1.29, 1.82) is 0 Å². The molecule has 1 aliphatic rings. The zero-order valence-corrected chi connectivity index (χ0v) is 11.9. The maximum absolute atomic E-state index is 11.3. The number of hydrogen-bond acceptors (Lipinski definition) is 2. The number of aromatic carboxylic acids is 1. The normalized spacial score (nSPS) is 14.5. The summed E-state index contributed by atoms with van der Waals surface area (Å²) in [5.74, 6) is 0.286. The molecule has 20 heavy (non-hydrogen) atoms. The van der Waals surface area contributed by atoms with E-state index in [4.69, 9.17) is 11.6 Å². The lowest BCUT2D eigenvalue weighted by atomic mass is 10.2. The van der Waals surface area contributed by atoms with Crippen molar-refractivity contribution in [1.82, 2.24) is 9.55 Å². The molecule has 0 bridgehead atoms. The van der Waals surface area contributed by atoms with Crippen LogP contribution in [-0.4, -0.2) is 20.6 Å². The number of rotatable bonds is 4. The molecule has 104 valence electrons. The number of carboxylic acids is 1. The summed E-state index contributed by atoms with van der Waals surface area (Å²) in [5.41, 5.74) is 1.59. The van der Waals surface area contributed by atoms with Gasteiger partial charge in [0.15, 0.2) is 5.69 Å². The summed E-state index contributed by atoms with van der Waals surface area (Å²) in [6, 6.07) is 7.40. The van der Waals surface area contributed by atoms with Gasteiger partial charge in [0.25, 0.3) is 0 Å². The Morgan fingerprint density at radius 2 is 2.15 bits per heavy atom. The molecular weight excluding hydrogens is 276 g/mol. The molecule has 2 aromatic rings. The van der Waals surface area contributed by atoms with Crippen LogP contribution in [0.25, 0.3) is 11.4 Å². The highest BCUT2D eigenvalue weighted by Crippen LogP contribution is 2.35. The number of aromatic nitrogens is 2. The minimum atomic E-state index is -0.995. The van der Waals surface area contributed by atoms with Crippen molar-refractivity contribution < 1.29 is 9.90 Å². The lowest BCUT2D eigenvalue weighted by molar-refractivity contribution is 0.0690. The third-order valence-electron chi connectivity index (χ3n) is 3.68. The van der Waals surface area contributed by atoms with Crippen molar-refractivity contribution in [3.63, 3.8) is 0 Å². The molecule has 1 aromatic heterocycles. The highest BCUT2D eigenvalue weighted by atomic mass is 35.5. The second-order valence-corrected chi connectivity index (χ2v) is 5.62. The van der Waals surface area contributed by atoms with Crippen molar-refractivity contribution in [2.24, 2.45) is 5.92 Å². The lowest BCUT2D eigenvalue weighted by Gasteiger charge is -2.10. The molecule has 1 heterocycles. The molecule has 0 amide bonds. The molecule has 0 spiro atoms. The molecular formula is C15H15ClN2O2. The number of benzene rings is 1. The molecule has 0 radical (unpaired) electrons. The lowest BCUT2D eigenvalue weighted by Crippen LogP contribution is -2.06. The van der Waals surface area contributed by atoms with Gasteiger partial charge >= 0.3 is 5.97 Å². The predicted octanol–water partition coefficient (Wildman–Crippen LogP) is 3.62. The summed E-state index contributed by atoms with van der Waals surface area (Å²) in [4.78, 5) is 15.6. The Hall–Kier alpha value is -1.81. The van der Waals surface area contributed by atoms with E-state index >= 15 is 0 Å². The molecule has 1 N–H and O–H groups in total. The van der Waals surface area contributed by atoms with Crippen molar-refractivity contribution in [2.45, 2.75) is 26.3 Å². The van der Waals surface area contributed by atoms with Gasteiger partial charge in [-0.1, -0.05) is 23.7 Å². The van der Waals surface area contributed by atoms with E-state index < -0.39 is 5.97 Å². The Morgan fingerprint density at radius 1 is 1.45 bits per heavy atom. The number of imidazole rings is 1. The highest BCUT2D eigenvalue weighted by Gasteiger charge is 2.27. The summed E-state index contributed by atoms with van der Waals surface area (Å²) < 4.78 is 1.99. The van der Waals surface area contributed by atoms with Crippen LogP contribution < -0.4 is 0 Å². The van der Waals surface area contributed by atoms with E-state index in [1.165, 1.54) is 12.8 Å². The number of hydrogen-bond donors (Lipinski definition) is 1. The molecule has 1 aromatic carbocycles. The maximum atomic E-state index is 11.3. The Kier molecular flexibility index (Phi) is 3.26. The molecule has 0 aliphatic heterocycles. The summed E-state index contributed by atoms with van der Waals surface area (Å²) >= 11 is 6.22. The highest BCUT2D eigenvalue weighted by molar-refractivity contribution is 6.33. The van der Waals surface area contributed by atoms with Crippen molar-refractivity contribution in [3.8, 4) is 11.4 Å². The van der Waals surface area contributed by atoms with E-state index in [1.54, 1.807) is 13.0 Å². The SMILES string of the molecule is Cc1c(C(=O)O)nc(-c2ccccc2Cl)n1CC1CC1. The quantitative estimate of drug-likeness (QED) is 0.935. The van der Waals surface area contributed by atoms with Crippen molar-refractivity contribution >= 4 is 17.6 Å². The zero-order chi connectivity index (χ0) is 14.3. The second-order valence-electron chi connectivity index (χ2n) is 5.21. The average Bonchev–Trinajstić information content (AvgIpc) is 3.16. The van der Waals surface area contributed by atoms with Gasteiger partial charge in [0, 0.05) is 17.8 Å². The largest absolute Gasteiger partial charge is 0.476 e. The molecule has 1 aliphatic carbocycles. The third kappa shape index (κ3) is 2.31.